The Kier molecular flexibility index (Phi) is 2.31. The van der Waals surface area contributed by atoms with Crippen molar-refractivity contribution in [2.75, 3.05) is 6.79 Å². The lowest BCUT2D eigenvalue weighted by atomic mass is 9.74. The molecule has 0 aromatic heterocycles. The highest BCUT2D eigenvalue weighted by atomic mass is 16.7. The second-order valence-electron chi connectivity index (χ2n) is 5.72. The maximum atomic E-state index is 5.54. The van der Waals surface area contributed by atoms with Crippen molar-refractivity contribution in [3.05, 3.63) is 23.3 Å². The van der Waals surface area contributed by atoms with Gasteiger partial charge in [0.15, 0.2) is 11.5 Å². The van der Waals surface area contributed by atoms with Crippen LogP contribution in [0.15, 0.2) is 12.1 Å². The molecule has 1 fully saturated rings. The minimum absolute atomic E-state index is 0.369. The van der Waals surface area contributed by atoms with E-state index in [4.69, 9.17) is 9.47 Å². The van der Waals surface area contributed by atoms with Gasteiger partial charge in [0.2, 0.25) is 6.79 Å². The first-order chi connectivity index (χ1) is 8.83. The van der Waals surface area contributed by atoms with Crippen LogP contribution in [0.5, 0.6) is 11.5 Å². The predicted octanol–water partition coefficient (Wildman–Crippen LogP) is 3.11. The van der Waals surface area contributed by atoms with E-state index in [0.29, 0.717) is 24.8 Å². The molecule has 18 heavy (non-hydrogen) atoms. The molecule has 1 N–H and O–H groups in total. The van der Waals surface area contributed by atoms with E-state index in [-0.39, 0.29) is 0 Å². The molecule has 3 heteroatoms. The first kappa shape index (κ1) is 10.7. The van der Waals surface area contributed by atoms with Gasteiger partial charge >= 0.3 is 0 Å². The number of benzene rings is 1. The molecule has 1 aromatic carbocycles. The van der Waals surface area contributed by atoms with Gasteiger partial charge in [-0.15, -0.1) is 0 Å². The fraction of sp³-hybridized carbons (Fsp3) is 0.600. The van der Waals surface area contributed by atoms with E-state index >= 15 is 0 Å². The fourth-order valence-corrected chi connectivity index (χ4v) is 3.78. The molecule has 96 valence electrons. The molecule has 1 aromatic rings. The monoisotopic (exact) mass is 245 g/mol. The summed E-state index contributed by atoms with van der Waals surface area (Å²) >= 11 is 0. The molecular formula is C15H19NO2. The largest absolute Gasteiger partial charge is 0.454 e. The lowest BCUT2D eigenvalue weighted by Crippen LogP contribution is -2.43. The molecular weight excluding hydrogens is 226 g/mol. The van der Waals surface area contributed by atoms with Crippen molar-refractivity contribution in [1.82, 2.24) is 5.32 Å². The van der Waals surface area contributed by atoms with Crippen LogP contribution in [0.3, 0.4) is 0 Å². The topological polar surface area (TPSA) is 30.5 Å². The van der Waals surface area contributed by atoms with Crippen LogP contribution < -0.4 is 14.8 Å². The van der Waals surface area contributed by atoms with Gasteiger partial charge in [0.05, 0.1) is 0 Å². The van der Waals surface area contributed by atoms with E-state index in [1.165, 1.54) is 36.8 Å². The molecule has 3 atom stereocenters. The predicted molar refractivity (Wildman–Crippen MR) is 69.1 cm³/mol. The minimum atomic E-state index is 0.369. The van der Waals surface area contributed by atoms with Crippen molar-refractivity contribution in [1.29, 1.82) is 0 Å². The molecule has 2 aliphatic heterocycles. The zero-order valence-electron chi connectivity index (χ0n) is 10.7. The first-order valence-electron chi connectivity index (χ1n) is 7.02. The van der Waals surface area contributed by atoms with Crippen LogP contribution in [0, 0.1) is 0 Å². The summed E-state index contributed by atoms with van der Waals surface area (Å²) in [5.74, 6) is 2.52. The second kappa shape index (κ2) is 3.89. The summed E-state index contributed by atoms with van der Waals surface area (Å²) in [5, 5.41) is 3.77. The summed E-state index contributed by atoms with van der Waals surface area (Å²) in [6.45, 7) is 2.62. The van der Waals surface area contributed by atoms with Gasteiger partial charge in [-0.25, -0.2) is 0 Å². The summed E-state index contributed by atoms with van der Waals surface area (Å²) in [6.07, 6.45) is 5.33. The maximum Gasteiger partial charge on any atom is 0.231 e. The lowest BCUT2D eigenvalue weighted by Gasteiger charge is -2.41. The van der Waals surface area contributed by atoms with Crippen LogP contribution >= 0.6 is 0 Å². The Balaban J connectivity index is 1.82. The van der Waals surface area contributed by atoms with Gasteiger partial charge in [-0.05, 0) is 48.9 Å². The Bertz CT molecular complexity index is 486. The normalized spacial score (nSPS) is 32.8. The third kappa shape index (κ3) is 1.46. The van der Waals surface area contributed by atoms with E-state index in [1.807, 2.05) is 0 Å². The number of hydrogen-bond donors (Lipinski definition) is 1. The van der Waals surface area contributed by atoms with Crippen molar-refractivity contribution < 1.29 is 9.47 Å². The number of nitrogens with one attached hydrogen (secondary N) is 1. The molecule has 3 aliphatic rings. The summed E-state index contributed by atoms with van der Waals surface area (Å²) in [4.78, 5) is 0. The molecule has 1 aliphatic carbocycles. The number of fused-ring (bicyclic) bond motifs is 4. The van der Waals surface area contributed by atoms with Crippen LogP contribution in [-0.4, -0.2) is 12.8 Å². The minimum Gasteiger partial charge on any atom is -0.454 e. The van der Waals surface area contributed by atoms with Crippen LogP contribution in [0.4, 0.5) is 0 Å². The van der Waals surface area contributed by atoms with Crippen LogP contribution in [0.1, 0.15) is 55.7 Å². The van der Waals surface area contributed by atoms with Gasteiger partial charge in [-0.3, -0.25) is 0 Å². The fourth-order valence-electron chi connectivity index (χ4n) is 3.78. The summed E-state index contributed by atoms with van der Waals surface area (Å²) in [6, 6.07) is 5.49. The Hall–Kier alpha value is -1.22. The smallest absolute Gasteiger partial charge is 0.231 e. The molecule has 0 spiro atoms. The van der Waals surface area contributed by atoms with Crippen LogP contribution in [0.2, 0.25) is 0 Å². The quantitative estimate of drug-likeness (QED) is 0.762. The standard InChI is InChI=1S/C15H19NO2/c1-9-11-6-14-15(18-8-17-14)7-12(11)10-4-2-3-5-13(10)16-9/h6-7,9-10,13,16H,2-5,8H2,1H3. The molecule has 0 radical (unpaired) electrons. The summed E-state index contributed by atoms with van der Waals surface area (Å²) in [7, 11) is 0. The van der Waals surface area contributed by atoms with E-state index in [2.05, 4.69) is 24.4 Å². The Labute approximate surface area is 107 Å². The zero-order valence-corrected chi connectivity index (χ0v) is 10.7. The average Bonchev–Trinajstić information content (AvgIpc) is 2.84. The molecule has 3 nitrogen and oxygen atoms in total. The lowest BCUT2D eigenvalue weighted by molar-refractivity contribution is 0.174. The van der Waals surface area contributed by atoms with Gasteiger partial charge in [-0.2, -0.15) is 0 Å². The highest BCUT2D eigenvalue weighted by molar-refractivity contribution is 5.52. The third-order valence-electron chi connectivity index (χ3n) is 4.67. The Morgan fingerprint density at radius 3 is 2.61 bits per heavy atom. The maximum absolute atomic E-state index is 5.54. The molecule has 0 bridgehead atoms. The highest BCUT2D eigenvalue weighted by Gasteiger charge is 2.35. The van der Waals surface area contributed by atoms with Crippen molar-refractivity contribution in [3.63, 3.8) is 0 Å². The van der Waals surface area contributed by atoms with E-state index in [1.54, 1.807) is 0 Å². The van der Waals surface area contributed by atoms with Gasteiger partial charge in [0.1, 0.15) is 0 Å². The number of rotatable bonds is 0. The first-order valence-corrected chi connectivity index (χ1v) is 7.02. The van der Waals surface area contributed by atoms with E-state index < -0.39 is 0 Å². The summed E-state index contributed by atoms with van der Waals surface area (Å²) in [5.41, 5.74) is 2.90. The van der Waals surface area contributed by atoms with E-state index in [9.17, 15) is 0 Å². The molecule has 0 saturated heterocycles. The van der Waals surface area contributed by atoms with Gasteiger partial charge in [-0.1, -0.05) is 12.8 Å². The molecule has 1 saturated carbocycles. The second-order valence-corrected chi connectivity index (χ2v) is 5.72. The molecule has 4 rings (SSSR count). The SMILES string of the molecule is CC1NC2CCCCC2c2cc3c(cc21)OCO3. The zero-order chi connectivity index (χ0) is 12.1. The molecule has 2 heterocycles. The molecule has 3 unspecified atom stereocenters. The van der Waals surface area contributed by atoms with Crippen LogP contribution in [0.25, 0.3) is 0 Å². The Morgan fingerprint density at radius 1 is 1.06 bits per heavy atom. The Morgan fingerprint density at radius 2 is 1.78 bits per heavy atom. The van der Waals surface area contributed by atoms with E-state index in [0.717, 1.165) is 11.5 Å². The highest BCUT2D eigenvalue weighted by Crippen LogP contribution is 2.46. The van der Waals surface area contributed by atoms with Gasteiger partial charge in [0.25, 0.3) is 0 Å². The van der Waals surface area contributed by atoms with Crippen molar-refractivity contribution >= 4 is 0 Å². The number of ether oxygens (including phenoxy) is 2. The summed E-state index contributed by atoms with van der Waals surface area (Å²) < 4.78 is 11.0. The van der Waals surface area contributed by atoms with Crippen molar-refractivity contribution in [2.45, 2.75) is 50.6 Å². The van der Waals surface area contributed by atoms with Crippen molar-refractivity contribution in [2.24, 2.45) is 0 Å². The van der Waals surface area contributed by atoms with Crippen molar-refractivity contribution in [3.8, 4) is 11.5 Å². The third-order valence-corrected chi connectivity index (χ3v) is 4.67. The van der Waals surface area contributed by atoms with Gasteiger partial charge < -0.3 is 14.8 Å². The van der Waals surface area contributed by atoms with Gasteiger partial charge in [0, 0.05) is 12.1 Å². The average molecular weight is 245 g/mol. The molecule has 0 amide bonds. The number of hydrogen-bond acceptors (Lipinski definition) is 3. The van der Waals surface area contributed by atoms with Crippen LogP contribution in [-0.2, 0) is 0 Å².